The van der Waals surface area contributed by atoms with Gasteiger partial charge in [-0.2, -0.15) is 0 Å². The van der Waals surface area contributed by atoms with Gasteiger partial charge in [0.2, 0.25) is 0 Å². The zero-order chi connectivity index (χ0) is 14.6. The molecule has 0 aliphatic carbocycles. The van der Waals surface area contributed by atoms with E-state index in [0.29, 0.717) is 6.04 Å². The van der Waals surface area contributed by atoms with Crippen molar-refractivity contribution < 1.29 is 0 Å². The van der Waals surface area contributed by atoms with E-state index in [9.17, 15) is 0 Å². The number of rotatable bonds is 11. The van der Waals surface area contributed by atoms with E-state index in [1.807, 2.05) is 11.8 Å². The van der Waals surface area contributed by atoms with Crippen LogP contribution in [0.3, 0.4) is 0 Å². The normalized spacial score (nSPS) is 12.6. The molecule has 0 heterocycles. The van der Waals surface area contributed by atoms with Crippen LogP contribution in [0.25, 0.3) is 0 Å². The number of hydrogen-bond acceptors (Lipinski definition) is 2. The third-order valence-corrected chi connectivity index (χ3v) is 4.56. The quantitative estimate of drug-likeness (QED) is 0.408. The van der Waals surface area contributed by atoms with Gasteiger partial charge >= 0.3 is 0 Å². The number of nitrogens with one attached hydrogen (secondary N) is 1. The fraction of sp³-hybridized carbons (Fsp3) is 0.667. The fourth-order valence-electron chi connectivity index (χ4n) is 2.60. The van der Waals surface area contributed by atoms with Crippen molar-refractivity contribution in [2.75, 3.05) is 12.8 Å². The minimum atomic E-state index is 0.530. The Labute approximate surface area is 129 Å². The molecule has 20 heavy (non-hydrogen) atoms. The predicted octanol–water partition coefficient (Wildman–Crippen LogP) is 5.81. The predicted molar refractivity (Wildman–Crippen MR) is 92.6 cm³/mol. The van der Waals surface area contributed by atoms with Crippen LogP contribution in [-0.4, -0.2) is 12.8 Å². The second kappa shape index (κ2) is 11.2. The van der Waals surface area contributed by atoms with Crippen LogP contribution in [0.2, 0.25) is 0 Å². The summed E-state index contributed by atoms with van der Waals surface area (Å²) in [6.45, 7) is 5.52. The van der Waals surface area contributed by atoms with Crippen LogP contribution in [0.15, 0.2) is 29.2 Å². The molecule has 0 amide bonds. The summed E-state index contributed by atoms with van der Waals surface area (Å²) in [5.41, 5.74) is 1.44. The van der Waals surface area contributed by atoms with Crippen molar-refractivity contribution in [3.63, 3.8) is 0 Å². The van der Waals surface area contributed by atoms with Gasteiger partial charge in [0.05, 0.1) is 0 Å². The summed E-state index contributed by atoms with van der Waals surface area (Å²) in [5.74, 6) is 0. The lowest BCUT2D eigenvalue weighted by Crippen LogP contribution is -2.20. The van der Waals surface area contributed by atoms with Crippen LogP contribution in [-0.2, 0) is 0 Å². The fourth-order valence-corrected chi connectivity index (χ4v) is 3.01. The zero-order valence-corrected chi connectivity index (χ0v) is 14.3. The molecule has 0 saturated heterocycles. The van der Waals surface area contributed by atoms with E-state index in [0.717, 1.165) is 6.54 Å². The summed E-state index contributed by atoms with van der Waals surface area (Å²) in [7, 11) is 0. The minimum Gasteiger partial charge on any atom is -0.310 e. The average Bonchev–Trinajstić information content (AvgIpc) is 2.50. The standard InChI is InChI=1S/C18H31NS/c1-4-6-7-8-9-10-11-18(19-5-2)16-12-14-17(20-3)15-13-16/h12-15,18-19H,4-11H2,1-3H3. The minimum absolute atomic E-state index is 0.530. The molecule has 2 heteroatoms. The van der Waals surface area contributed by atoms with E-state index in [2.05, 4.69) is 49.7 Å². The molecule has 0 spiro atoms. The van der Waals surface area contributed by atoms with Gasteiger partial charge in [0.15, 0.2) is 0 Å². The monoisotopic (exact) mass is 293 g/mol. The number of unbranched alkanes of at least 4 members (excludes halogenated alkanes) is 5. The Balaban J connectivity index is 2.38. The molecule has 0 bridgehead atoms. The molecule has 0 radical (unpaired) electrons. The van der Waals surface area contributed by atoms with Gasteiger partial charge in [0.1, 0.15) is 0 Å². The molecule has 0 aliphatic heterocycles. The van der Waals surface area contributed by atoms with Gasteiger partial charge in [-0.15, -0.1) is 11.8 Å². The summed E-state index contributed by atoms with van der Waals surface area (Å²) in [4.78, 5) is 1.35. The summed E-state index contributed by atoms with van der Waals surface area (Å²) in [6.07, 6.45) is 11.7. The van der Waals surface area contributed by atoms with E-state index in [-0.39, 0.29) is 0 Å². The lowest BCUT2D eigenvalue weighted by atomic mass is 9.99. The van der Waals surface area contributed by atoms with Gasteiger partial charge in [0, 0.05) is 10.9 Å². The van der Waals surface area contributed by atoms with E-state index in [4.69, 9.17) is 0 Å². The summed E-state index contributed by atoms with van der Waals surface area (Å²) in [5, 5.41) is 3.63. The molecule has 1 rings (SSSR count). The second-order valence-corrected chi connectivity index (χ2v) is 6.32. The Bertz CT molecular complexity index is 334. The van der Waals surface area contributed by atoms with Gasteiger partial charge in [-0.25, -0.2) is 0 Å². The van der Waals surface area contributed by atoms with Crippen molar-refractivity contribution in [3.8, 4) is 0 Å². The highest BCUT2D eigenvalue weighted by Crippen LogP contribution is 2.23. The summed E-state index contributed by atoms with van der Waals surface area (Å²) < 4.78 is 0. The van der Waals surface area contributed by atoms with E-state index >= 15 is 0 Å². The van der Waals surface area contributed by atoms with Crippen molar-refractivity contribution in [1.29, 1.82) is 0 Å². The van der Waals surface area contributed by atoms with Gasteiger partial charge in [-0.3, -0.25) is 0 Å². The van der Waals surface area contributed by atoms with E-state index < -0.39 is 0 Å². The molecule has 0 aromatic heterocycles. The molecule has 0 fully saturated rings. The molecule has 0 aliphatic rings. The zero-order valence-electron chi connectivity index (χ0n) is 13.5. The summed E-state index contributed by atoms with van der Waals surface area (Å²) in [6, 6.07) is 9.59. The topological polar surface area (TPSA) is 12.0 Å². The Morgan fingerprint density at radius 1 is 0.950 bits per heavy atom. The molecular formula is C18H31NS. The number of benzene rings is 1. The molecular weight excluding hydrogens is 262 g/mol. The molecule has 1 aromatic carbocycles. The maximum Gasteiger partial charge on any atom is 0.0320 e. The van der Waals surface area contributed by atoms with Crippen LogP contribution in [0.4, 0.5) is 0 Å². The third-order valence-electron chi connectivity index (χ3n) is 3.82. The number of hydrogen-bond donors (Lipinski definition) is 1. The highest BCUT2D eigenvalue weighted by Gasteiger charge is 2.09. The first-order valence-electron chi connectivity index (χ1n) is 8.19. The molecule has 1 atom stereocenters. The average molecular weight is 294 g/mol. The van der Waals surface area contributed by atoms with Gasteiger partial charge in [0.25, 0.3) is 0 Å². The molecule has 1 aromatic rings. The highest BCUT2D eigenvalue weighted by atomic mass is 32.2. The van der Waals surface area contributed by atoms with Crippen molar-refractivity contribution in [1.82, 2.24) is 5.32 Å². The van der Waals surface area contributed by atoms with Crippen LogP contribution in [0.1, 0.15) is 70.4 Å². The van der Waals surface area contributed by atoms with Crippen LogP contribution in [0.5, 0.6) is 0 Å². The van der Waals surface area contributed by atoms with Crippen LogP contribution >= 0.6 is 11.8 Å². The molecule has 1 unspecified atom stereocenters. The van der Waals surface area contributed by atoms with Crippen molar-refractivity contribution >= 4 is 11.8 Å². The van der Waals surface area contributed by atoms with E-state index in [1.54, 1.807) is 0 Å². The Kier molecular flexibility index (Phi) is 9.86. The largest absolute Gasteiger partial charge is 0.310 e. The molecule has 1 N–H and O–H groups in total. The third kappa shape index (κ3) is 6.81. The molecule has 114 valence electrons. The van der Waals surface area contributed by atoms with Gasteiger partial charge in [-0.1, -0.05) is 64.5 Å². The second-order valence-electron chi connectivity index (χ2n) is 5.44. The lowest BCUT2D eigenvalue weighted by molar-refractivity contribution is 0.477. The Morgan fingerprint density at radius 2 is 1.60 bits per heavy atom. The first kappa shape index (κ1) is 17.6. The lowest BCUT2D eigenvalue weighted by Gasteiger charge is -2.18. The maximum atomic E-state index is 3.63. The van der Waals surface area contributed by atoms with Crippen LogP contribution < -0.4 is 5.32 Å². The Morgan fingerprint density at radius 3 is 2.20 bits per heavy atom. The maximum absolute atomic E-state index is 3.63. The SMILES string of the molecule is CCCCCCCCC(NCC)c1ccc(SC)cc1. The smallest absolute Gasteiger partial charge is 0.0320 e. The summed E-state index contributed by atoms with van der Waals surface area (Å²) >= 11 is 1.81. The van der Waals surface area contributed by atoms with Gasteiger partial charge < -0.3 is 5.32 Å². The first-order chi connectivity index (χ1) is 9.81. The van der Waals surface area contributed by atoms with Crippen LogP contribution in [0, 0.1) is 0 Å². The van der Waals surface area contributed by atoms with Gasteiger partial charge in [-0.05, 0) is 36.9 Å². The van der Waals surface area contributed by atoms with E-state index in [1.165, 1.54) is 55.4 Å². The number of thioether (sulfide) groups is 1. The highest BCUT2D eigenvalue weighted by molar-refractivity contribution is 7.98. The first-order valence-corrected chi connectivity index (χ1v) is 9.41. The molecule has 0 saturated carbocycles. The van der Waals surface area contributed by atoms with Crippen molar-refractivity contribution in [2.45, 2.75) is 69.7 Å². The Hall–Kier alpha value is -0.470. The van der Waals surface area contributed by atoms with Crippen molar-refractivity contribution in [2.24, 2.45) is 0 Å². The van der Waals surface area contributed by atoms with Crippen molar-refractivity contribution in [3.05, 3.63) is 29.8 Å². The molecule has 1 nitrogen and oxygen atoms in total.